The summed E-state index contributed by atoms with van der Waals surface area (Å²) in [6.45, 7) is 0.112. The van der Waals surface area contributed by atoms with Gasteiger partial charge in [-0.05, 0) is 47.9 Å². The van der Waals surface area contributed by atoms with Crippen LogP contribution in [0.2, 0.25) is 10.0 Å². The first-order valence-electron chi connectivity index (χ1n) is 9.69. The highest BCUT2D eigenvalue weighted by Gasteiger charge is 2.20. The highest BCUT2D eigenvalue weighted by Crippen LogP contribution is 2.32. The first-order chi connectivity index (χ1) is 15.3. The normalized spacial score (nSPS) is 12.4. The van der Waals surface area contributed by atoms with Gasteiger partial charge in [0.2, 0.25) is 10.0 Å². The third kappa shape index (κ3) is 5.54. The lowest BCUT2D eigenvalue weighted by Crippen LogP contribution is -2.26. The molecule has 0 saturated carbocycles. The molecule has 0 aliphatic carbocycles. The predicted octanol–water partition coefficient (Wildman–Crippen LogP) is 4.61. The number of methoxy groups -OCH3 is 2. The van der Waals surface area contributed by atoms with E-state index in [0.29, 0.717) is 39.1 Å². The minimum Gasteiger partial charge on any atom is -0.493 e. The van der Waals surface area contributed by atoms with Gasteiger partial charge in [0, 0.05) is 28.2 Å². The standard InChI is InChI=1S/C23H23Cl2NO5S/c1-30-21-10-9-17(14-22(21)31-2)32(28,29)26-12-11-15-7-8-16(24)13-19(15)23(27)18-5-3-4-6-20(18)25/h3-10,13-14,23,26-27H,11-12H2,1-2H3. The summed E-state index contributed by atoms with van der Waals surface area (Å²) in [5.41, 5.74) is 1.86. The number of benzene rings is 3. The number of rotatable bonds is 9. The lowest BCUT2D eigenvalue weighted by molar-refractivity contribution is 0.219. The van der Waals surface area contributed by atoms with E-state index in [2.05, 4.69) is 4.72 Å². The van der Waals surface area contributed by atoms with Crippen LogP contribution in [0.4, 0.5) is 0 Å². The number of halogens is 2. The van der Waals surface area contributed by atoms with Gasteiger partial charge in [0.15, 0.2) is 11.5 Å². The van der Waals surface area contributed by atoms with Crippen LogP contribution in [-0.4, -0.2) is 34.3 Å². The van der Waals surface area contributed by atoms with Crippen molar-refractivity contribution in [1.82, 2.24) is 4.72 Å². The molecule has 3 aromatic rings. The Morgan fingerprint density at radius 1 is 0.938 bits per heavy atom. The van der Waals surface area contributed by atoms with Crippen LogP contribution in [0.15, 0.2) is 65.6 Å². The van der Waals surface area contributed by atoms with E-state index in [0.717, 1.165) is 5.56 Å². The molecule has 6 nitrogen and oxygen atoms in total. The Morgan fingerprint density at radius 2 is 1.66 bits per heavy atom. The average Bonchev–Trinajstić information content (AvgIpc) is 2.79. The summed E-state index contributed by atoms with van der Waals surface area (Å²) >= 11 is 12.4. The van der Waals surface area contributed by atoms with Crippen molar-refractivity contribution in [2.75, 3.05) is 20.8 Å². The Bertz CT molecular complexity index is 1200. The Labute approximate surface area is 197 Å². The molecule has 1 unspecified atom stereocenters. The molecule has 0 bridgehead atoms. The highest BCUT2D eigenvalue weighted by molar-refractivity contribution is 7.89. The summed E-state index contributed by atoms with van der Waals surface area (Å²) in [6, 6.07) is 16.5. The second-order valence-electron chi connectivity index (χ2n) is 6.93. The van der Waals surface area contributed by atoms with Crippen LogP contribution in [0.25, 0.3) is 0 Å². The molecule has 3 rings (SSSR count). The molecule has 2 N–H and O–H groups in total. The zero-order chi connectivity index (χ0) is 23.3. The molecule has 0 saturated heterocycles. The third-order valence-corrected chi connectivity index (χ3v) is 6.99. The van der Waals surface area contributed by atoms with Gasteiger partial charge in [-0.2, -0.15) is 0 Å². The molecule has 3 aromatic carbocycles. The molecule has 9 heteroatoms. The first-order valence-corrected chi connectivity index (χ1v) is 11.9. The summed E-state index contributed by atoms with van der Waals surface area (Å²) < 4.78 is 38.4. The van der Waals surface area contributed by atoms with Gasteiger partial charge in [0.05, 0.1) is 19.1 Å². The fraction of sp³-hybridized carbons (Fsp3) is 0.217. The molecule has 0 radical (unpaired) electrons. The number of hydrogen-bond donors (Lipinski definition) is 2. The summed E-state index contributed by atoms with van der Waals surface area (Å²) in [6.07, 6.45) is -0.666. The topological polar surface area (TPSA) is 84.9 Å². The van der Waals surface area contributed by atoms with E-state index in [9.17, 15) is 13.5 Å². The van der Waals surface area contributed by atoms with Crippen LogP contribution in [-0.2, 0) is 16.4 Å². The van der Waals surface area contributed by atoms with Crippen LogP contribution < -0.4 is 14.2 Å². The molecule has 0 aromatic heterocycles. The molecule has 0 amide bonds. The average molecular weight is 496 g/mol. The number of nitrogens with one attached hydrogen (secondary N) is 1. The first kappa shape index (κ1) is 24.4. The van der Waals surface area contributed by atoms with Crippen molar-refractivity contribution >= 4 is 33.2 Å². The molecule has 32 heavy (non-hydrogen) atoms. The van der Waals surface area contributed by atoms with Crippen molar-refractivity contribution in [3.05, 3.63) is 87.4 Å². The van der Waals surface area contributed by atoms with Crippen LogP contribution in [0.5, 0.6) is 11.5 Å². The molecule has 170 valence electrons. The summed E-state index contributed by atoms with van der Waals surface area (Å²) in [7, 11) is -0.868. The van der Waals surface area contributed by atoms with Gasteiger partial charge in [0.1, 0.15) is 6.10 Å². The van der Waals surface area contributed by atoms with Crippen LogP contribution in [0.3, 0.4) is 0 Å². The number of ether oxygens (including phenoxy) is 2. The number of aliphatic hydroxyl groups is 1. The van der Waals surface area contributed by atoms with Gasteiger partial charge in [0.25, 0.3) is 0 Å². The predicted molar refractivity (Wildman–Crippen MR) is 125 cm³/mol. The van der Waals surface area contributed by atoms with Gasteiger partial charge in [-0.3, -0.25) is 0 Å². The smallest absolute Gasteiger partial charge is 0.240 e. The maximum Gasteiger partial charge on any atom is 0.240 e. The van der Waals surface area contributed by atoms with Crippen molar-refractivity contribution in [3.63, 3.8) is 0 Å². The SMILES string of the molecule is COc1ccc(S(=O)(=O)NCCc2ccc(Cl)cc2C(O)c2ccccc2Cl)cc1OC. The van der Waals surface area contributed by atoms with Crippen LogP contribution in [0.1, 0.15) is 22.8 Å². The Kier molecular flexibility index (Phi) is 8.03. The number of hydrogen-bond acceptors (Lipinski definition) is 5. The molecule has 0 aliphatic heterocycles. The van der Waals surface area contributed by atoms with E-state index in [4.69, 9.17) is 32.7 Å². The monoisotopic (exact) mass is 495 g/mol. The molecule has 0 spiro atoms. The molecule has 1 atom stereocenters. The van der Waals surface area contributed by atoms with Gasteiger partial charge in [-0.15, -0.1) is 0 Å². The van der Waals surface area contributed by atoms with Crippen molar-refractivity contribution in [1.29, 1.82) is 0 Å². The van der Waals surface area contributed by atoms with Gasteiger partial charge < -0.3 is 14.6 Å². The van der Waals surface area contributed by atoms with E-state index in [1.165, 1.54) is 32.4 Å². The van der Waals surface area contributed by atoms with Crippen molar-refractivity contribution < 1.29 is 23.0 Å². The fourth-order valence-electron chi connectivity index (χ4n) is 3.30. The van der Waals surface area contributed by atoms with Gasteiger partial charge >= 0.3 is 0 Å². The van der Waals surface area contributed by atoms with Crippen molar-refractivity contribution in [2.24, 2.45) is 0 Å². The van der Waals surface area contributed by atoms with Gasteiger partial charge in [-0.25, -0.2) is 13.1 Å². The molecular formula is C23H23Cl2NO5S. The van der Waals surface area contributed by atoms with Gasteiger partial charge in [-0.1, -0.05) is 47.5 Å². The summed E-state index contributed by atoms with van der Waals surface area (Å²) in [4.78, 5) is 0.0579. The summed E-state index contributed by atoms with van der Waals surface area (Å²) in [5.74, 6) is 0.754. The van der Waals surface area contributed by atoms with Crippen LogP contribution in [0, 0.1) is 0 Å². The fourth-order valence-corrected chi connectivity index (χ4v) is 4.77. The Morgan fingerprint density at radius 3 is 2.34 bits per heavy atom. The van der Waals surface area contributed by atoms with Crippen LogP contribution >= 0.6 is 23.2 Å². The van der Waals surface area contributed by atoms with Crippen molar-refractivity contribution in [3.8, 4) is 11.5 Å². The number of aliphatic hydroxyl groups excluding tert-OH is 1. The minimum absolute atomic E-state index is 0.0579. The van der Waals surface area contributed by atoms with E-state index < -0.39 is 16.1 Å². The zero-order valence-corrected chi connectivity index (χ0v) is 19.8. The second-order valence-corrected chi connectivity index (χ2v) is 9.54. The zero-order valence-electron chi connectivity index (χ0n) is 17.5. The number of sulfonamides is 1. The van der Waals surface area contributed by atoms with E-state index >= 15 is 0 Å². The highest BCUT2D eigenvalue weighted by atomic mass is 35.5. The molecule has 0 heterocycles. The molecule has 0 aliphatic rings. The summed E-state index contributed by atoms with van der Waals surface area (Å²) in [5, 5.41) is 11.8. The third-order valence-electron chi connectivity index (χ3n) is 4.95. The lowest BCUT2D eigenvalue weighted by Gasteiger charge is -2.18. The van der Waals surface area contributed by atoms with E-state index in [1.807, 2.05) is 0 Å². The van der Waals surface area contributed by atoms with Crippen molar-refractivity contribution in [2.45, 2.75) is 17.4 Å². The Hall–Kier alpha value is -2.29. The molecule has 0 fully saturated rings. The second kappa shape index (κ2) is 10.6. The lowest BCUT2D eigenvalue weighted by atomic mass is 9.95. The maximum absolute atomic E-state index is 12.7. The van der Waals surface area contributed by atoms with E-state index in [-0.39, 0.29) is 11.4 Å². The van der Waals surface area contributed by atoms with E-state index in [1.54, 1.807) is 42.5 Å². The molecular weight excluding hydrogens is 473 g/mol. The maximum atomic E-state index is 12.7. The minimum atomic E-state index is -3.78. The largest absolute Gasteiger partial charge is 0.493 e. The Balaban J connectivity index is 1.78. The quantitative estimate of drug-likeness (QED) is 0.452.